The van der Waals surface area contributed by atoms with E-state index in [9.17, 15) is 0 Å². The molecule has 0 spiro atoms. The maximum Gasteiger partial charge on any atom is 0.226 e. The van der Waals surface area contributed by atoms with Crippen LogP contribution in [0.15, 0.2) is 12.3 Å². The molecular weight excluding hydrogens is 206 g/mol. The molecule has 1 aromatic heterocycles. The molecule has 86 valence electrons. The van der Waals surface area contributed by atoms with Crippen molar-refractivity contribution in [2.45, 2.75) is 18.9 Å². The molecule has 0 unspecified atom stereocenters. The van der Waals surface area contributed by atoms with Crippen LogP contribution in [-0.4, -0.2) is 40.1 Å². The zero-order valence-corrected chi connectivity index (χ0v) is 8.93. The maximum absolute atomic E-state index is 8.99. The van der Waals surface area contributed by atoms with E-state index >= 15 is 0 Å². The van der Waals surface area contributed by atoms with Crippen molar-refractivity contribution in [1.82, 2.24) is 9.97 Å². The number of aromatic nitrogens is 2. The summed E-state index contributed by atoms with van der Waals surface area (Å²) in [7, 11) is 0. The molecular formula is C10H15N5O. The summed E-state index contributed by atoms with van der Waals surface area (Å²) in [6.45, 7) is 0.593. The Morgan fingerprint density at radius 2 is 2.38 bits per heavy atom. The van der Waals surface area contributed by atoms with Crippen LogP contribution >= 0.6 is 0 Å². The molecule has 1 aromatic rings. The average Bonchev–Trinajstić information content (AvgIpc) is 3.10. The summed E-state index contributed by atoms with van der Waals surface area (Å²) in [5.74, 6) is 0.479. The lowest BCUT2D eigenvalue weighted by Gasteiger charge is -2.21. The third-order valence-corrected chi connectivity index (χ3v) is 2.50. The van der Waals surface area contributed by atoms with Gasteiger partial charge in [-0.15, -0.1) is 0 Å². The molecule has 6 heteroatoms. The Bertz CT molecular complexity index is 391. The van der Waals surface area contributed by atoms with Crippen LogP contribution in [-0.2, 0) is 0 Å². The molecule has 6 nitrogen and oxygen atoms in total. The Morgan fingerprint density at radius 1 is 1.62 bits per heavy atom. The van der Waals surface area contributed by atoms with Crippen molar-refractivity contribution in [3.05, 3.63) is 18.0 Å². The fourth-order valence-corrected chi connectivity index (χ4v) is 1.58. The van der Waals surface area contributed by atoms with E-state index < -0.39 is 0 Å². The Kier molecular flexibility index (Phi) is 3.00. The zero-order chi connectivity index (χ0) is 11.5. The summed E-state index contributed by atoms with van der Waals surface area (Å²) in [6, 6.07) is 2.03. The number of rotatable bonds is 5. The van der Waals surface area contributed by atoms with Gasteiger partial charge in [0.05, 0.1) is 6.61 Å². The minimum absolute atomic E-state index is 0.0663. The van der Waals surface area contributed by atoms with Crippen molar-refractivity contribution in [2.75, 3.05) is 18.1 Å². The number of hydrogen-bond acceptors (Lipinski definition) is 5. The van der Waals surface area contributed by atoms with Gasteiger partial charge in [-0.25, -0.2) is 9.97 Å². The predicted octanol–water partition coefficient (Wildman–Crippen LogP) is -0.278. The number of nitrogen functional groups attached to an aromatic ring is 1. The molecule has 1 aliphatic carbocycles. The molecule has 0 aromatic carbocycles. The first-order valence-electron chi connectivity index (χ1n) is 5.27. The van der Waals surface area contributed by atoms with Gasteiger partial charge < -0.3 is 15.7 Å². The van der Waals surface area contributed by atoms with Gasteiger partial charge in [-0.1, -0.05) is 0 Å². The van der Waals surface area contributed by atoms with Crippen LogP contribution < -0.4 is 10.6 Å². The molecule has 1 saturated carbocycles. The highest BCUT2D eigenvalue weighted by Gasteiger charge is 2.30. The maximum atomic E-state index is 8.99. The lowest BCUT2D eigenvalue weighted by molar-refractivity contribution is 0.300. The zero-order valence-electron chi connectivity index (χ0n) is 8.93. The van der Waals surface area contributed by atoms with Gasteiger partial charge in [0, 0.05) is 18.8 Å². The fraction of sp³-hybridized carbons (Fsp3) is 0.500. The molecule has 1 heterocycles. The Morgan fingerprint density at radius 3 is 2.94 bits per heavy atom. The number of hydrogen-bond donors (Lipinski definition) is 3. The highest BCUT2D eigenvalue weighted by Crippen LogP contribution is 2.29. The van der Waals surface area contributed by atoms with Crippen LogP contribution in [0.3, 0.4) is 0 Å². The number of anilines is 1. The number of aliphatic hydroxyl groups excluding tert-OH is 1. The molecule has 16 heavy (non-hydrogen) atoms. The van der Waals surface area contributed by atoms with Crippen molar-refractivity contribution < 1.29 is 5.11 Å². The Balaban J connectivity index is 2.22. The summed E-state index contributed by atoms with van der Waals surface area (Å²) in [6.07, 6.45) is 3.80. The van der Waals surface area contributed by atoms with Gasteiger partial charge in [0.2, 0.25) is 5.95 Å². The molecule has 0 amide bonds. The first-order chi connectivity index (χ1) is 7.72. The second-order valence-electron chi connectivity index (χ2n) is 3.80. The Hall–Kier alpha value is -1.69. The first kappa shape index (κ1) is 10.8. The van der Waals surface area contributed by atoms with Gasteiger partial charge >= 0.3 is 0 Å². The SMILES string of the molecule is N=C(N)c1ccnc(N(CCO)C2CC2)n1. The van der Waals surface area contributed by atoms with Gasteiger partial charge in [-0.3, -0.25) is 5.41 Å². The molecule has 0 saturated heterocycles. The van der Waals surface area contributed by atoms with Crippen LogP contribution in [0.4, 0.5) is 5.95 Å². The van der Waals surface area contributed by atoms with Crippen LogP contribution in [0.1, 0.15) is 18.5 Å². The van der Waals surface area contributed by atoms with E-state index in [0.717, 1.165) is 12.8 Å². The third kappa shape index (κ3) is 2.27. The third-order valence-electron chi connectivity index (χ3n) is 2.50. The number of nitrogens with one attached hydrogen (secondary N) is 1. The van der Waals surface area contributed by atoms with Gasteiger partial charge in [0.1, 0.15) is 11.5 Å². The quantitative estimate of drug-likeness (QED) is 0.469. The predicted molar refractivity (Wildman–Crippen MR) is 60.5 cm³/mol. The average molecular weight is 221 g/mol. The molecule has 2 rings (SSSR count). The molecule has 0 radical (unpaired) electrons. The van der Waals surface area contributed by atoms with E-state index in [-0.39, 0.29) is 12.4 Å². The number of nitrogens with zero attached hydrogens (tertiary/aromatic N) is 3. The summed E-state index contributed by atoms with van der Waals surface area (Å²) in [5, 5.41) is 16.3. The summed E-state index contributed by atoms with van der Waals surface area (Å²) >= 11 is 0. The van der Waals surface area contributed by atoms with E-state index in [4.69, 9.17) is 16.2 Å². The topological polar surface area (TPSA) is 99.1 Å². The molecule has 1 aliphatic rings. The Labute approximate surface area is 93.6 Å². The highest BCUT2D eigenvalue weighted by atomic mass is 16.3. The molecule has 1 fully saturated rings. The van der Waals surface area contributed by atoms with Crippen LogP contribution in [0.2, 0.25) is 0 Å². The van der Waals surface area contributed by atoms with E-state index in [2.05, 4.69) is 9.97 Å². The van der Waals surface area contributed by atoms with Crippen molar-refractivity contribution in [2.24, 2.45) is 5.73 Å². The van der Waals surface area contributed by atoms with Crippen molar-refractivity contribution in [1.29, 1.82) is 5.41 Å². The highest BCUT2D eigenvalue weighted by molar-refractivity contribution is 5.93. The van der Waals surface area contributed by atoms with Gasteiger partial charge in [0.25, 0.3) is 0 Å². The van der Waals surface area contributed by atoms with Gasteiger partial charge in [0.15, 0.2) is 0 Å². The van der Waals surface area contributed by atoms with E-state index in [1.54, 1.807) is 12.3 Å². The number of aliphatic hydroxyl groups is 1. The summed E-state index contributed by atoms with van der Waals surface area (Å²) in [5.41, 5.74) is 5.80. The van der Waals surface area contributed by atoms with Crippen molar-refractivity contribution >= 4 is 11.8 Å². The van der Waals surface area contributed by atoms with Crippen LogP contribution in [0, 0.1) is 5.41 Å². The lowest BCUT2D eigenvalue weighted by atomic mass is 10.4. The molecule has 0 aliphatic heterocycles. The van der Waals surface area contributed by atoms with Crippen LogP contribution in [0.25, 0.3) is 0 Å². The largest absolute Gasteiger partial charge is 0.395 e. The number of amidine groups is 1. The standard InChI is InChI=1S/C10H15N5O/c11-9(12)8-3-4-13-10(14-8)15(5-6-16)7-1-2-7/h3-4,7,16H,1-2,5-6H2,(H3,11,12). The molecule has 0 bridgehead atoms. The number of nitrogens with two attached hydrogens (primary N) is 1. The normalized spacial score (nSPS) is 14.8. The minimum atomic E-state index is -0.0663. The first-order valence-corrected chi connectivity index (χ1v) is 5.27. The molecule has 4 N–H and O–H groups in total. The monoisotopic (exact) mass is 221 g/mol. The summed E-state index contributed by atoms with van der Waals surface area (Å²) in [4.78, 5) is 10.3. The minimum Gasteiger partial charge on any atom is -0.395 e. The van der Waals surface area contributed by atoms with Crippen molar-refractivity contribution in [3.63, 3.8) is 0 Å². The lowest BCUT2D eigenvalue weighted by Crippen LogP contribution is -2.31. The second-order valence-corrected chi connectivity index (χ2v) is 3.80. The summed E-state index contributed by atoms with van der Waals surface area (Å²) < 4.78 is 0. The van der Waals surface area contributed by atoms with E-state index in [1.165, 1.54) is 0 Å². The van der Waals surface area contributed by atoms with Gasteiger partial charge in [-0.05, 0) is 18.9 Å². The van der Waals surface area contributed by atoms with Gasteiger partial charge in [-0.2, -0.15) is 0 Å². The van der Waals surface area contributed by atoms with E-state index in [1.807, 2.05) is 4.90 Å². The second kappa shape index (κ2) is 4.44. The smallest absolute Gasteiger partial charge is 0.226 e. The van der Waals surface area contributed by atoms with Crippen molar-refractivity contribution in [3.8, 4) is 0 Å². The fourth-order valence-electron chi connectivity index (χ4n) is 1.58. The van der Waals surface area contributed by atoms with E-state index in [0.29, 0.717) is 24.2 Å². The van der Waals surface area contributed by atoms with Crippen LogP contribution in [0.5, 0.6) is 0 Å². The molecule has 0 atom stereocenters.